The molecular formula is C12H24N4. The van der Waals surface area contributed by atoms with Crippen LogP contribution in [0.15, 0.2) is 12.2 Å². The molecule has 2 saturated heterocycles. The van der Waals surface area contributed by atoms with Crippen LogP contribution < -0.4 is 10.6 Å². The van der Waals surface area contributed by atoms with E-state index in [0.717, 1.165) is 39.3 Å². The second kappa shape index (κ2) is 6.35. The lowest BCUT2D eigenvalue weighted by Gasteiger charge is -2.31. The van der Waals surface area contributed by atoms with Crippen molar-refractivity contribution < 1.29 is 0 Å². The highest BCUT2D eigenvalue weighted by Crippen LogP contribution is 2.03. The Morgan fingerprint density at radius 1 is 0.812 bits per heavy atom. The maximum absolute atomic E-state index is 4.22. The Hall–Kier alpha value is -0.420. The summed E-state index contributed by atoms with van der Waals surface area (Å²) in [6.45, 7) is 15.5. The highest BCUT2D eigenvalue weighted by atomic mass is 15.2. The molecule has 2 aliphatic rings. The van der Waals surface area contributed by atoms with Gasteiger partial charge >= 0.3 is 0 Å². The molecule has 2 heterocycles. The first-order chi connectivity index (χ1) is 7.84. The van der Waals surface area contributed by atoms with Crippen LogP contribution in [0.2, 0.25) is 0 Å². The molecule has 4 nitrogen and oxygen atoms in total. The Bertz CT molecular complexity index is 195. The summed E-state index contributed by atoms with van der Waals surface area (Å²) < 4.78 is 0. The van der Waals surface area contributed by atoms with Gasteiger partial charge in [-0.1, -0.05) is 6.58 Å². The van der Waals surface area contributed by atoms with Crippen molar-refractivity contribution in [3.8, 4) is 0 Å². The van der Waals surface area contributed by atoms with Gasteiger partial charge < -0.3 is 10.6 Å². The second-order valence-corrected chi connectivity index (χ2v) is 4.80. The third-order valence-corrected chi connectivity index (χ3v) is 3.31. The van der Waals surface area contributed by atoms with Crippen molar-refractivity contribution in [1.29, 1.82) is 0 Å². The average molecular weight is 224 g/mol. The topological polar surface area (TPSA) is 30.5 Å². The summed E-state index contributed by atoms with van der Waals surface area (Å²) >= 11 is 0. The smallest absolute Gasteiger partial charge is 0.0204 e. The van der Waals surface area contributed by atoms with Crippen LogP contribution in [0, 0.1) is 0 Å². The van der Waals surface area contributed by atoms with Gasteiger partial charge in [-0.15, -0.1) is 0 Å². The molecular weight excluding hydrogens is 200 g/mol. The molecule has 0 saturated carbocycles. The van der Waals surface area contributed by atoms with Crippen LogP contribution in [0.1, 0.15) is 0 Å². The molecule has 0 aromatic heterocycles. The fourth-order valence-corrected chi connectivity index (χ4v) is 2.42. The number of rotatable bonds is 4. The van der Waals surface area contributed by atoms with Crippen LogP contribution in [0.5, 0.6) is 0 Å². The van der Waals surface area contributed by atoms with Crippen LogP contribution in [0.25, 0.3) is 0 Å². The lowest BCUT2D eigenvalue weighted by atomic mass is 10.2. The van der Waals surface area contributed by atoms with E-state index in [0.29, 0.717) is 0 Å². The van der Waals surface area contributed by atoms with E-state index in [1.807, 2.05) is 0 Å². The molecule has 0 bridgehead atoms. The normalized spacial score (nSPS) is 24.5. The van der Waals surface area contributed by atoms with Gasteiger partial charge in [0.2, 0.25) is 0 Å². The minimum absolute atomic E-state index is 1.08. The van der Waals surface area contributed by atoms with E-state index in [2.05, 4.69) is 27.0 Å². The molecule has 0 aromatic carbocycles. The molecule has 2 fully saturated rings. The second-order valence-electron chi connectivity index (χ2n) is 4.80. The standard InChI is InChI=1S/C12H24N4/c1-12(10-15-6-2-13-3-7-15)11-16-8-4-14-5-9-16/h13-14H,1-11H2. The Kier molecular flexibility index (Phi) is 4.78. The summed E-state index contributed by atoms with van der Waals surface area (Å²) in [6, 6.07) is 0. The molecule has 0 radical (unpaired) electrons. The van der Waals surface area contributed by atoms with Crippen molar-refractivity contribution in [1.82, 2.24) is 20.4 Å². The number of hydrogen-bond acceptors (Lipinski definition) is 4. The summed E-state index contributed by atoms with van der Waals surface area (Å²) in [5, 5.41) is 6.76. The SMILES string of the molecule is C=C(CN1CCNCC1)CN1CCNCC1. The highest BCUT2D eigenvalue weighted by Gasteiger charge is 2.14. The molecule has 0 aliphatic carbocycles. The fraction of sp³-hybridized carbons (Fsp3) is 0.833. The first kappa shape index (κ1) is 12.0. The molecule has 2 rings (SSSR count). The van der Waals surface area contributed by atoms with Crippen LogP contribution in [0.3, 0.4) is 0 Å². The molecule has 0 unspecified atom stereocenters. The largest absolute Gasteiger partial charge is 0.314 e. The molecule has 4 heteroatoms. The van der Waals surface area contributed by atoms with Gasteiger partial charge in [0.25, 0.3) is 0 Å². The van der Waals surface area contributed by atoms with E-state index >= 15 is 0 Å². The molecule has 2 aliphatic heterocycles. The third-order valence-electron chi connectivity index (χ3n) is 3.31. The summed E-state index contributed by atoms with van der Waals surface area (Å²) in [7, 11) is 0. The van der Waals surface area contributed by atoms with Crippen molar-refractivity contribution in [2.24, 2.45) is 0 Å². The monoisotopic (exact) mass is 224 g/mol. The lowest BCUT2D eigenvalue weighted by molar-refractivity contribution is 0.231. The van der Waals surface area contributed by atoms with Crippen molar-refractivity contribution in [3.05, 3.63) is 12.2 Å². The zero-order chi connectivity index (χ0) is 11.2. The van der Waals surface area contributed by atoms with Crippen LogP contribution in [-0.4, -0.2) is 75.2 Å². The van der Waals surface area contributed by atoms with Gasteiger partial charge in [0.05, 0.1) is 0 Å². The van der Waals surface area contributed by atoms with Crippen molar-refractivity contribution in [3.63, 3.8) is 0 Å². The first-order valence-corrected chi connectivity index (χ1v) is 6.37. The van der Waals surface area contributed by atoms with Gasteiger partial charge in [-0.3, -0.25) is 9.80 Å². The maximum Gasteiger partial charge on any atom is 0.0204 e. The van der Waals surface area contributed by atoms with E-state index in [4.69, 9.17) is 0 Å². The van der Waals surface area contributed by atoms with Crippen molar-refractivity contribution >= 4 is 0 Å². The summed E-state index contributed by atoms with van der Waals surface area (Å²) in [5.41, 5.74) is 1.36. The van der Waals surface area contributed by atoms with Gasteiger partial charge in [-0.05, 0) is 5.57 Å². The van der Waals surface area contributed by atoms with Gasteiger partial charge in [0, 0.05) is 65.4 Å². The minimum Gasteiger partial charge on any atom is -0.314 e. The van der Waals surface area contributed by atoms with E-state index < -0.39 is 0 Å². The molecule has 0 amide bonds. The summed E-state index contributed by atoms with van der Waals surface area (Å²) in [6.07, 6.45) is 0. The first-order valence-electron chi connectivity index (χ1n) is 6.37. The third kappa shape index (κ3) is 3.87. The van der Waals surface area contributed by atoms with Gasteiger partial charge in [-0.25, -0.2) is 0 Å². The minimum atomic E-state index is 1.08. The lowest BCUT2D eigenvalue weighted by Crippen LogP contribution is -2.47. The summed E-state index contributed by atoms with van der Waals surface area (Å²) in [4.78, 5) is 5.00. The average Bonchev–Trinajstić information content (AvgIpc) is 2.31. The molecule has 0 spiro atoms. The van der Waals surface area contributed by atoms with E-state index in [1.165, 1.54) is 31.8 Å². The van der Waals surface area contributed by atoms with E-state index in [9.17, 15) is 0 Å². The zero-order valence-electron chi connectivity index (χ0n) is 10.2. The Morgan fingerprint density at radius 3 is 1.56 bits per heavy atom. The highest BCUT2D eigenvalue weighted by molar-refractivity contribution is 5.01. The van der Waals surface area contributed by atoms with Crippen LogP contribution in [-0.2, 0) is 0 Å². The molecule has 0 aromatic rings. The molecule has 92 valence electrons. The quantitative estimate of drug-likeness (QED) is 0.622. The Morgan fingerprint density at radius 2 is 1.19 bits per heavy atom. The van der Waals surface area contributed by atoms with E-state index in [1.54, 1.807) is 0 Å². The predicted octanol–water partition coefficient (Wildman–Crippen LogP) is -0.647. The molecule has 16 heavy (non-hydrogen) atoms. The van der Waals surface area contributed by atoms with Gasteiger partial charge in [0.15, 0.2) is 0 Å². The number of piperazine rings is 2. The number of nitrogens with zero attached hydrogens (tertiary/aromatic N) is 2. The maximum atomic E-state index is 4.22. The van der Waals surface area contributed by atoms with Crippen molar-refractivity contribution in [2.75, 3.05) is 65.4 Å². The molecule has 2 N–H and O–H groups in total. The summed E-state index contributed by atoms with van der Waals surface area (Å²) in [5.74, 6) is 0. The number of nitrogens with one attached hydrogen (secondary N) is 2. The number of hydrogen-bond donors (Lipinski definition) is 2. The molecule has 0 atom stereocenters. The Balaban J connectivity index is 1.66. The van der Waals surface area contributed by atoms with Crippen molar-refractivity contribution in [2.45, 2.75) is 0 Å². The van der Waals surface area contributed by atoms with Gasteiger partial charge in [0.1, 0.15) is 0 Å². The van der Waals surface area contributed by atoms with Gasteiger partial charge in [-0.2, -0.15) is 0 Å². The predicted molar refractivity (Wildman–Crippen MR) is 67.8 cm³/mol. The fourth-order valence-electron chi connectivity index (χ4n) is 2.42. The zero-order valence-corrected chi connectivity index (χ0v) is 10.2. The Labute approximate surface area is 98.7 Å². The van der Waals surface area contributed by atoms with Crippen LogP contribution in [0.4, 0.5) is 0 Å². The van der Waals surface area contributed by atoms with E-state index in [-0.39, 0.29) is 0 Å². The van der Waals surface area contributed by atoms with Crippen LogP contribution >= 0.6 is 0 Å².